The van der Waals surface area contributed by atoms with Crippen LogP contribution in [0.2, 0.25) is 0 Å². The lowest BCUT2D eigenvalue weighted by Crippen LogP contribution is -2.33. The van der Waals surface area contributed by atoms with Gasteiger partial charge in [0.1, 0.15) is 12.1 Å². The number of aliphatic imine (C=N–C) groups is 1. The van der Waals surface area contributed by atoms with Crippen LogP contribution in [0.15, 0.2) is 103 Å². The number of carbonyl (C=O) groups excluding carboxylic acids is 1. The molecule has 0 unspecified atom stereocenters. The van der Waals surface area contributed by atoms with Gasteiger partial charge in [-0.05, 0) is 66.3 Å². The molecule has 1 fully saturated rings. The maximum atomic E-state index is 13.5. The molecule has 5 rings (SSSR count). The van der Waals surface area contributed by atoms with Crippen molar-refractivity contribution in [3.05, 3.63) is 115 Å². The average molecular weight is 661 g/mol. The van der Waals surface area contributed by atoms with Crippen LogP contribution in [0.5, 0.6) is 5.75 Å². The highest BCUT2D eigenvalue weighted by molar-refractivity contribution is 8.14. The van der Waals surface area contributed by atoms with Crippen LogP contribution in [0.4, 0.5) is 23.7 Å². The van der Waals surface area contributed by atoms with Crippen molar-refractivity contribution >= 4 is 28.6 Å². The topological polar surface area (TPSA) is 75.9 Å². The molecule has 0 saturated carbocycles. The van der Waals surface area contributed by atoms with Crippen LogP contribution >= 0.6 is 11.8 Å². The molecule has 1 saturated heterocycles. The molecule has 0 radical (unpaired) electrons. The van der Waals surface area contributed by atoms with Gasteiger partial charge < -0.3 is 9.64 Å². The van der Waals surface area contributed by atoms with Crippen LogP contribution < -0.4 is 9.64 Å². The molecule has 0 N–H and O–H groups in total. The molecule has 1 aromatic heterocycles. The first-order chi connectivity index (χ1) is 22.4. The number of hydrogen-bond acceptors (Lipinski definition) is 5. The lowest BCUT2D eigenvalue weighted by atomic mass is 9.98. The standard InChI is InChI=1S/C35H35F3N6O2S/c1-6-18-42(33(45)40-34-44(25(5)21-47-34)31-20-24(4)7-16-30(31)23(2)3)19-17-26-8-10-27(11-9-26)32-39-22-43(41-32)28-12-14-29(15-13-28)46-35(36,37)38/h6-16,20,22-23H,1,5,17-19,21H2,2-4H3. The van der Waals surface area contributed by atoms with Crippen molar-refractivity contribution in [2.45, 2.75) is 39.5 Å². The van der Waals surface area contributed by atoms with Crippen molar-refractivity contribution in [1.29, 1.82) is 0 Å². The zero-order valence-corrected chi connectivity index (χ0v) is 27.2. The minimum atomic E-state index is -4.76. The highest BCUT2D eigenvalue weighted by Gasteiger charge is 2.31. The number of carbonyl (C=O) groups is 1. The summed E-state index contributed by atoms with van der Waals surface area (Å²) in [6, 6.07) is 19.1. The molecule has 2 amide bonds. The highest BCUT2D eigenvalue weighted by atomic mass is 32.2. The maximum absolute atomic E-state index is 13.5. The van der Waals surface area contributed by atoms with Gasteiger partial charge in [0.25, 0.3) is 0 Å². The molecule has 244 valence electrons. The van der Waals surface area contributed by atoms with Gasteiger partial charge in [0.05, 0.1) is 11.4 Å². The van der Waals surface area contributed by atoms with Crippen molar-refractivity contribution in [3.8, 4) is 22.8 Å². The second-order valence-corrected chi connectivity index (χ2v) is 12.3. The Morgan fingerprint density at radius 1 is 1.13 bits per heavy atom. The number of urea groups is 1. The van der Waals surface area contributed by atoms with Gasteiger partial charge in [0.15, 0.2) is 11.0 Å². The van der Waals surface area contributed by atoms with Crippen LogP contribution in [0.1, 0.15) is 36.5 Å². The predicted molar refractivity (Wildman–Crippen MR) is 181 cm³/mol. The quantitative estimate of drug-likeness (QED) is 0.159. The van der Waals surface area contributed by atoms with Gasteiger partial charge in [-0.1, -0.05) is 74.7 Å². The van der Waals surface area contributed by atoms with Crippen LogP contribution in [0, 0.1) is 6.92 Å². The number of aryl methyl sites for hydroxylation is 1. The minimum Gasteiger partial charge on any atom is -0.406 e. The molecular formula is C35H35F3N6O2S. The second-order valence-electron chi connectivity index (χ2n) is 11.3. The number of hydrogen-bond donors (Lipinski definition) is 0. The fourth-order valence-electron chi connectivity index (χ4n) is 5.08. The van der Waals surface area contributed by atoms with Gasteiger partial charge in [0, 0.05) is 30.1 Å². The third kappa shape index (κ3) is 8.31. The molecule has 47 heavy (non-hydrogen) atoms. The Hall–Kier alpha value is -4.84. The largest absolute Gasteiger partial charge is 0.573 e. The number of benzene rings is 3. The Morgan fingerprint density at radius 3 is 2.51 bits per heavy atom. The Morgan fingerprint density at radius 2 is 1.85 bits per heavy atom. The first kappa shape index (κ1) is 33.5. The first-order valence-corrected chi connectivity index (χ1v) is 16.0. The summed E-state index contributed by atoms with van der Waals surface area (Å²) in [7, 11) is 0. The average Bonchev–Trinajstić information content (AvgIpc) is 3.66. The smallest absolute Gasteiger partial charge is 0.406 e. The van der Waals surface area contributed by atoms with Crippen LogP contribution in [0.25, 0.3) is 17.1 Å². The summed E-state index contributed by atoms with van der Waals surface area (Å²) in [5, 5.41) is 5.07. The van der Waals surface area contributed by atoms with Crippen molar-refractivity contribution < 1.29 is 22.7 Å². The van der Waals surface area contributed by atoms with Gasteiger partial charge in [-0.3, -0.25) is 4.90 Å². The zero-order chi connectivity index (χ0) is 33.7. The molecule has 0 aliphatic carbocycles. The van der Waals surface area contributed by atoms with E-state index in [9.17, 15) is 18.0 Å². The maximum Gasteiger partial charge on any atom is 0.573 e. The highest BCUT2D eigenvalue weighted by Crippen LogP contribution is 2.37. The third-order valence-electron chi connectivity index (χ3n) is 7.44. The van der Waals surface area contributed by atoms with Gasteiger partial charge in [-0.25, -0.2) is 14.5 Å². The molecule has 1 aliphatic rings. The zero-order valence-electron chi connectivity index (χ0n) is 26.4. The Balaban J connectivity index is 1.25. The van der Waals surface area contributed by atoms with Crippen molar-refractivity contribution in [2.75, 3.05) is 23.7 Å². The lowest BCUT2D eigenvalue weighted by molar-refractivity contribution is -0.274. The lowest BCUT2D eigenvalue weighted by Gasteiger charge is -2.25. The fraction of sp³-hybridized carbons (Fsp3) is 0.257. The Labute approximate surface area is 276 Å². The number of alkyl halides is 3. The number of ether oxygens (including phenoxy) is 1. The van der Waals surface area contributed by atoms with Gasteiger partial charge in [-0.15, -0.1) is 24.8 Å². The van der Waals surface area contributed by atoms with E-state index in [1.807, 2.05) is 36.1 Å². The summed E-state index contributed by atoms with van der Waals surface area (Å²) >= 11 is 1.50. The van der Waals surface area contributed by atoms with E-state index in [0.29, 0.717) is 47.9 Å². The number of aromatic nitrogens is 3. The predicted octanol–water partition coefficient (Wildman–Crippen LogP) is 8.54. The van der Waals surface area contributed by atoms with Crippen molar-refractivity contribution in [3.63, 3.8) is 0 Å². The van der Waals surface area contributed by atoms with Gasteiger partial charge in [-0.2, -0.15) is 4.99 Å². The number of halogens is 3. The Kier molecular flexibility index (Phi) is 10.2. The number of nitrogens with zero attached hydrogens (tertiary/aromatic N) is 6. The summed E-state index contributed by atoms with van der Waals surface area (Å²) in [5.41, 5.74) is 6.49. The summed E-state index contributed by atoms with van der Waals surface area (Å²) < 4.78 is 42.8. The van der Waals surface area contributed by atoms with E-state index in [2.05, 4.69) is 65.0 Å². The van der Waals surface area contributed by atoms with E-state index in [1.54, 1.807) is 11.0 Å². The van der Waals surface area contributed by atoms with E-state index in [4.69, 9.17) is 0 Å². The van der Waals surface area contributed by atoms with Crippen LogP contribution in [-0.2, 0) is 6.42 Å². The molecule has 0 bridgehead atoms. The molecular weight excluding hydrogens is 625 g/mol. The van der Waals surface area contributed by atoms with E-state index in [1.165, 1.54) is 52.6 Å². The molecule has 3 aromatic carbocycles. The molecule has 12 heteroatoms. The molecule has 4 aromatic rings. The van der Waals surface area contributed by atoms with E-state index >= 15 is 0 Å². The van der Waals surface area contributed by atoms with Gasteiger partial charge in [0.2, 0.25) is 0 Å². The summed E-state index contributed by atoms with van der Waals surface area (Å²) in [6.07, 6.45) is -0.979. The number of amidine groups is 1. The summed E-state index contributed by atoms with van der Waals surface area (Å²) in [6.45, 7) is 15.2. The number of rotatable bonds is 10. The van der Waals surface area contributed by atoms with Crippen molar-refractivity contribution in [2.24, 2.45) is 4.99 Å². The normalized spacial score (nSPS) is 14.2. The van der Waals surface area contributed by atoms with Crippen molar-refractivity contribution in [1.82, 2.24) is 19.7 Å². The molecule has 2 heterocycles. The number of anilines is 1. The Bertz CT molecular complexity index is 1780. The van der Waals surface area contributed by atoms with E-state index in [-0.39, 0.29) is 11.8 Å². The number of amides is 2. The molecule has 0 spiro atoms. The molecule has 8 nitrogen and oxygen atoms in total. The van der Waals surface area contributed by atoms with Crippen LogP contribution in [-0.4, -0.2) is 56.1 Å². The summed E-state index contributed by atoms with van der Waals surface area (Å²) in [4.78, 5) is 26.0. The fourth-order valence-corrected chi connectivity index (χ4v) is 6.01. The monoisotopic (exact) mass is 660 g/mol. The second kappa shape index (κ2) is 14.3. The molecule has 1 aliphatic heterocycles. The van der Waals surface area contributed by atoms with Gasteiger partial charge >= 0.3 is 12.4 Å². The third-order valence-corrected chi connectivity index (χ3v) is 8.45. The number of thioether (sulfide) groups is 1. The minimum absolute atomic E-state index is 0.290. The first-order valence-electron chi connectivity index (χ1n) is 15.0. The van der Waals surface area contributed by atoms with E-state index in [0.717, 1.165) is 28.1 Å². The van der Waals surface area contributed by atoms with Crippen LogP contribution in [0.3, 0.4) is 0 Å². The summed E-state index contributed by atoms with van der Waals surface area (Å²) in [5.74, 6) is 1.09. The molecule has 0 atom stereocenters. The van der Waals surface area contributed by atoms with E-state index < -0.39 is 6.36 Å². The SMILES string of the molecule is C=CCN(CCc1ccc(-c2ncn(-c3ccc(OC(F)(F)F)cc3)n2)cc1)C(=O)N=C1SCC(=C)N1c1cc(C)ccc1C(C)C.